The molecule has 0 radical (unpaired) electrons. The van der Waals surface area contributed by atoms with Gasteiger partial charge >= 0.3 is 0 Å². The van der Waals surface area contributed by atoms with Crippen molar-refractivity contribution in [3.05, 3.63) is 34.1 Å². The van der Waals surface area contributed by atoms with Gasteiger partial charge in [0, 0.05) is 10.0 Å². The van der Waals surface area contributed by atoms with E-state index >= 15 is 0 Å². The lowest BCUT2D eigenvalue weighted by Gasteiger charge is -2.15. The topological polar surface area (TPSA) is 20.2 Å². The third-order valence-corrected chi connectivity index (χ3v) is 2.41. The van der Waals surface area contributed by atoms with Gasteiger partial charge in [0.2, 0.25) is 0 Å². The Morgan fingerprint density at radius 2 is 2.00 bits per heavy atom. The minimum atomic E-state index is -0.729. The molecule has 0 heterocycles. The lowest BCUT2D eigenvalue weighted by Crippen LogP contribution is -2.07. The third-order valence-electron chi connectivity index (χ3n) is 1.91. The van der Waals surface area contributed by atoms with Gasteiger partial charge in [0.1, 0.15) is 5.82 Å². The van der Waals surface area contributed by atoms with Crippen molar-refractivity contribution in [1.82, 2.24) is 0 Å². The van der Waals surface area contributed by atoms with Crippen LogP contribution in [-0.2, 0) is 0 Å². The first kappa shape index (κ1) is 10.7. The molecule has 1 aromatic carbocycles. The Hall–Kier alpha value is -0.410. The number of hydrogen-bond donors (Lipinski definition) is 1. The van der Waals surface area contributed by atoms with Crippen molar-refractivity contribution in [2.45, 2.75) is 20.0 Å². The van der Waals surface area contributed by atoms with Crippen molar-refractivity contribution in [3.63, 3.8) is 0 Å². The van der Waals surface area contributed by atoms with E-state index in [-0.39, 0.29) is 11.7 Å². The quantitative estimate of drug-likeness (QED) is 0.850. The van der Waals surface area contributed by atoms with Gasteiger partial charge in [-0.1, -0.05) is 35.8 Å². The van der Waals surface area contributed by atoms with E-state index < -0.39 is 6.10 Å². The summed E-state index contributed by atoms with van der Waals surface area (Å²) in [5, 5.41) is 9.61. The molecule has 0 aliphatic rings. The molecule has 1 aromatic rings. The molecule has 0 aliphatic heterocycles. The summed E-state index contributed by atoms with van der Waals surface area (Å²) in [6, 6.07) is 4.69. The molecule has 0 fully saturated rings. The molecule has 3 heteroatoms. The fourth-order valence-corrected chi connectivity index (χ4v) is 1.43. The Bertz CT molecular complexity index is 299. The van der Waals surface area contributed by atoms with Crippen LogP contribution in [0.1, 0.15) is 25.5 Å². The van der Waals surface area contributed by atoms with Crippen molar-refractivity contribution in [3.8, 4) is 0 Å². The molecule has 0 amide bonds. The fraction of sp³-hybridized carbons (Fsp3) is 0.400. The number of aliphatic hydroxyl groups is 1. The van der Waals surface area contributed by atoms with Crippen LogP contribution in [0.2, 0.25) is 0 Å². The smallest absolute Gasteiger partial charge is 0.130 e. The number of rotatable bonds is 2. The van der Waals surface area contributed by atoms with Gasteiger partial charge < -0.3 is 5.11 Å². The monoisotopic (exact) mass is 246 g/mol. The summed E-state index contributed by atoms with van der Waals surface area (Å²) >= 11 is 3.16. The number of benzene rings is 1. The van der Waals surface area contributed by atoms with E-state index in [0.717, 1.165) is 0 Å². The maximum Gasteiger partial charge on any atom is 0.130 e. The molecule has 0 aromatic heterocycles. The SMILES string of the molecule is CC(C)C(O)c1ccc(Br)cc1F. The zero-order valence-electron chi connectivity index (χ0n) is 7.59. The zero-order valence-corrected chi connectivity index (χ0v) is 9.18. The zero-order chi connectivity index (χ0) is 10.0. The molecule has 1 nitrogen and oxygen atoms in total. The molecule has 1 N–H and O–H groups in total. The lowest BCUT2D eigenvalue weighted by molar-refractivity contribution is 0.123. The summed E-state index contributed by atoms with van der Waals surface area (Å²) in [5.74, 6) is -0.341. The van der Waals surface area contributed by atoms with Gasteiger partial charge in [-0.15, -0.1) is 0 Å². The molecule has 1 unspecified atom stereocenters. The Balaban J connectivity index is 3.01. The van der Waals surface area contributed by atoms with Crippen LogP contribution < -0.4 is 0 Å². The second-order valence-corrected chi connectivity index (χ2v) is 4.27. The van der Waals surface area contributed by atoms with Crippen LogP contribution in [0.15, 0.2) is 22.7 Å². The Morgan fingerprint density at radius 3 is 2.46 bits per heavy atom. The fourth-order valence-electron chi connectivity index (χ4n) is 1.10. The van der Waals surface area contributed by atoms with Gasteiger partial charge in [-0.3, -0.25) is 0 Å². The van der Waals surface area contributed by atoms with E-state index in [9.17, 15) is 9.50 Å². The average molecular weight is 247 g/mol. The van der Waals surface area contributed by atoms with Crippen LogP contribution in [0, 0.1) is 11.7 Å². The van der Waals surface area contributed by atoms with Crippen molar-refractivity contribution < 1.29 is 9.50 Å². The van der Waals surface area contributed by atoms with E-state index in [1.807, 2.05) is 13.8 Å². The molecule has 0 aliphatic carbocycles. The van der Waals surface area contributed by atoms with E-state index in [0.29, 0.717) is 10.0 Å². The minimum absolute atomic E-state index is 0.0238. The van der Waals surface area contributed by atoms with Gasteiger partial charge in [0.25, 0.3) is 0 Å². The first-order chi connectivity index (χ1) is 6.02. The molecule has 0 spiro atoms. The molecule has 1 rings (SSSR count). The summed E-state index contributed by atoms with van der Waals surface area (Å²) < 4.78 is 14.0. The van der Waals surface area contributed by atoms with E-state index in [4.69, 9.17) is 0 Å². The molecule has 13 heavy (non-hydrogen) atoms. The van der Waals surface area contributed by atoms with Gasteiger partial charge in [0.05, 0.1) is 6.10 Å². The Morgan fingerprint density at radius 1 is 1.38 bits per heavy atom. The molecule has 0 saturated carbocycles. The van der Waals surface area contributed by atoms with Crippen molar-refractivity contribution in [2.24, 2.45) is 5.92 Å². The van der Waals surface area contributed by atoms with Crippen LogP contribution in [0.25, 0.3) is 0 Å². The first-order valence-corrected chi connectivity index (χ1v) is 4.94. The molecule has 1 atom stereocenters. The Kier molecular flexibility index (Phi) is 3.45. The van der Waals surface area contributed by atoms with Gasteiger partial charge in [0.15, 0.2) is 0 Å². The van der Waals surface area contributed by atoms with E-state index in [1.165, 1.54) is 6.07 Å². The highest BCUT2D eigenvalue weighted by atomic mass is 79.9. The standard InChI is InChI=1S/C10H12BrFO/c1-6(2)10(13)8-4-3-7(11)5-9(8)12/h3-6,10,13H,1-2H3. The predicted molar refractivity (Wildman–Crippen MR) is 53.9 cm³/mol. The normalized spacial score (nSPS) is 13.4. The summed E-state index contributed by atoms with van der Waals surface area (Å²) in [6.45, 7) is 3.71. The summed E-state index contributed by atoms with van der Waals surface area (Å²) in [4.78, 5) is 0. The van der Waals surface area contributed by atoms with Crippen LogP contribution in [0.5, 0.6) is 0 Å². The second-order valence-electron chi connectivity index (χ2n) is 3.35. The van der Waals surface area contributed by atoms with Crippen LogP contribution in [-0.4, -0.2) is 5.11 Å². The number of aliphatic hydroxyl groups excluding tert-OH is 1. The van der Waals surface area contributed by atoms with Crippen molar-refractivity contribution >= 4 is 15.9 Å². The highest BCUT2D eigenvalue weighted by molar-refractivity contribution is 9.10. The van der Waals surface area contributed by atoms with Gasteiger partial charge in [-0.2, -0.15) is 0 Å². The number of hydrogen-bond acceptors (Lipinski definition) is 1. The van der Waals surface area contributed by atoms with Crippen LogP contribution >= 0.6 is 15.9 Å². The van der Waals surface area contributed by atoms with Crippen molar-refractivity contribution in [1.29, 1.82) is 0 Å². The Labute approximate surface area is 85.7 Å². The van der Waals surface area contributed by atoms with Crippen LogP contribution in [0.3, 0.4) is 0 Å². The van der Waals surface area contributed by atoms with Crippen molar-refractivity contribution in [2.75, 3.05) is 0 Å². The summed E-state index contributed by atoms with van der Waals surface area (Å²) in [6.07, 6.45) is -0.729. The first-order valence-electron chi connectivity index (χ1n) is 4.15. The van der Waals surface area contributed by atoms with E-state index in [1.54, 1.807) is 12.1 Å². The van der Waals surface area contributed by atoms with E-state index in [2.05, 4.69) is 15.9 Å². The molecular formula is C10H12BrFO. The average Bonchev–Trinajstić information content (AvgIpc) is 2.03. The summed E-state index contributed by atoms with van der Waals surface area (Å²) in [5.41, 5.74) is 0.359. The largest absolute Gasteiger partial charge is 0.388 e. The molecular weight excluding hydrogens is 235 g/mol. The predicted octanol–water partition coefficient (Wildman–Crippen LogP) is 3.28. The molecule has 72 valence electrons. The highest BCUT2D eigenvalue weighted by Gasteiger charge is 2.15. The molecule has 0 saturated heterocycles. The minimum Gasteiger partial charge on any atom is -0.388 e. The van der Waals surface area contributed by atoms with Gasteiger partial charge in [-0.05, 0) is 18.1 Å². The second kappa shape index (κ2) is 4.20. The maximum atomic E-state index is 13.3. The third kappa shape index (κ3) is 2.51. The molecule has 0 bridgehead atoms. The van der Waals surface area contributed by atoms with Gasteiger partial charge in [-0.25, -0.2) is 4.39 Å². The number of halogens is 2. The lowest BCUT2D eigenvalue weighted by atomic mass is 9.99. The van der Waals surface area contributed by atoms with Crippen LogP contribution in [0.4, 0.5) is 4.39 Å². The maximum absolute atomic E-state index is 13.3. The highest BCUT2D eigenvalue weighted by Crippen LogP contribution is 2.25. The summed E-state index contributed by atoms with van der Waals surface area (Å²) in [7, 11) is 0.